The van der Waals surface area contributed by atoms with E-state index in [1.54, 1.807) is 0 Å². The molecule has 1 aromatic rings. The van der Waals surface area contributed by atoms with Gasteiger partial charge in [-0.1, -0.05) is 44.6 Å². The minimum atomic E-state index is 0.586. The van der Waals surface area contributed by atoms with E-state index in [1.807, 2.05) is 11.3 Å². The van der Waals surface area contributed by atoms with Gasteiger partial charge in [0.05, 0.1) is 0 Å². The Balaban J connectivity index is 1.90. The lowest BCUT2D eigenvalue weighted by molar-refractivity contribution is 0.371. The Kier molecular flexibility index (Phi) is 4.86. The van der Waals surface area contributed by atoms with Gasteiger partial charge in [-0.05, 0) is 30.8 Å². The summed E-state index contributed by atoms with van der Waals surface area (Å²) in [4.78, 5) is 1.51. The molecule has 0 saturated heterocycles. The van der Waals surface area contributed by atoms with Crippen LogP contribution in [0.2, 0.25) is 0 Å². The number of thiophene rings is 1. The van der Waals surface area contributed by atoms with Gasteiger partial charge in [-0.2, -0.15) is 0 Å². The Morgan fingerprint density at radius 1 is 1.31 bits per heavy atom. The van der Waals surface area contributed by atoms with E-state index in [-0.39, 0.29) is 0 Å². The lowest BCUT2D eigenvalue weighted by atomic mass is 9.92. The predicted molar refractivity (Wildman–Crippen MR) is 71.9 cm³/mol. The molecule has 0 aliphatic heterocycles. The first-order valence-electron chi connectivity index (χ1n) is 6.61. The summed E-state index contributed by atoms with van der Waals surface area (Å²) in [5, 5.41) is 5.67. The van der Waals surface area contributed by atoms with Crippen molar-refractivity contribution in [3.8, 4) is 0 Å². The van der Waals surface area contributed by atoms with E-state index >= 15 is 0 Å². The van der Waals surface area contributed by atoms with Gasteiger partial charge in [0.1, 0.15) is 0 Å². The highest BCUT2D eigenvalue weighted by molar-refractivity contribution is 7.10. The van der Waals surface area contributed by atoms with Crippen LogP contribution in [0.4, 0.5) is 0 Å². The number of rotatable bonds is 4. The maximum Gasteiger partial charge on any atom is 0.0414 e. The lowest BCUT2D eigenvalue weighted by Crippen LogP contribution is -2.18. The molecule has 1 unspecified atom stereocenters. The molecule has 0 spiro atoms. The molecule has 0 radical (unpaired) electrons. The maximum atomic E-state index is 3.48. The Morgan fingerprint density at radius 3 is 2.62 bits per heavy atom. The highest BCUT2D eigenvalue weighted by Gasteiger charge is 2.18. The summed E-state index contributed by atoms with van der Waals surface area (Å²) in [6.07, 6.45) is 10.0. The van der Waals surface area contributed by atoms with Gasteiger partial charge in [0, 0.05) is 10.9 Å². The van der Waals surface area contributed by atoms with Crippen molar-refractivity contribution in [3.63, 3.8) is 0 Å². The SMILES string of the molecule is CNC(CC1CCCCCC1)c1cccs1. The molecule has 0 bridgehead atoms. The topological polar surface area (TPSA) is 12.0 Å². The first-order chi connectivity index (χ1) is 7.90. The predicted octanol–water partition coefficient (Wildman–Crippen LogP) is 4.37. The van der Waals surface area contributed by atoms with Gasteiger partial charge in [-0.25, -0.2) is 0 Å². The average molecular weight is 237 g/mol. The molecule has 90 valence electrons. The molecule has 1 nitrogen and oxygen atoms in total. The quantitative estimate of drug-likeness (QED) is 0.767. The second kappa shape index (κ2) is 6.41. The molecule has 0 amide bonds. The number of hydrogen-bond acceptors (Lipinski definition) is 2. The van der Waals surface area contributed by atoms with Crippen LogP contribution in [0.5, 0.6) is 0 Å². The highest BCUT2D eigenvalue weighted by Crippen LogP contribution is 2.32. The molecule has 1 aliphatic carbocycles. The van der Waals surface area contributed by atoms with Gasteiger partial charge in [0.25, 0.3) is 0 Å². The van der Waals surface area contributed by atoms with Crippen molar-refractivity contribution in [2.24, 2.45) is 5.92 Å². The van der Waals surface area contributed by atoms with Gasteiger partial charge in [0.15, 0.2) is 0 Å². The zero-order chi connectivity index (χ0) is 11.2. The Bertz CT molecular complexity index is 273. The molecule has 1 N–H and O–H groups in total. The maximum absolute atomic E-state index is 3.48. The first kappa shape index (κ1) is 12.1. The fourth-order valence-corrected chi connectivity index (χ4v) is 3.65. The molecule has 1 aliphatic rings. The van der Waals surface area contributed by atoms with Crippen molar-refractivity contribution < 1.29 is 0 Å². The van der Waals surface area contributed by atoms with Crippen LogP contribution in [0.3, 0.4) is 0 Å². The Morgan fingerprint density at radius 2 is 2.06 bits per heavy atom. The summed E-state index contributed by atoms with van der Waals surface area (Å²) in [6, 6.07) is 5.02. The van der Waals surface area contributed by atoms with Crippen LogP contribution in [-0.4, -0.2) is 7.05 Å². The third kappa shape index (κ3) is 3.33. The zero-order valence-corrected chi connectivity index (χ0v) is 11.1. The van der Waals surface area contributed by atoms with Crippen molar-refractivity contribution in [1.82, 2.24) is 5.32 Å². The van der Waals surface area contributed by atoms with Crippen molar-refractivity contribution in [2.45, 2.75) is 51.0 Å². The number of hydrogen-bond donors (Lipinski definition) is 1. The van der Waals surface area contributed by atoms with E-state index in [1.165, 1.54) is 49.8 Å². The molecule has 1 aromatic heterocycles. The minimum Gasteiger partial charge on any atom is -0.312 e. The summed E-state index contributed by atoms with van der Waals surface area (Å²) in [6.45, 7) is 0. The summed E-state index contributed by atoms with van der Waals surface area (Å²) >= 11 is 1.89. The van der Waals surface area contributed by atoms with Crippen molar-refractivity contribution in [3.05, 3.63) is 22.4 Å². The van der Waals surface area contributed by atoms with Gasteiger partial charge >= 0.3 is 0 Å². The molecule has 0 aromatic carbocycles. The number of nitrogens with one attached hydrogen (secondary N) is 1. The fourth-order valence-electron chi connectivity index (χ4n) is 2.80. The molecule has 1 atom stereocenters. The van der Waals surface area contributed by atoms with Gasteiger partial charge < -0.3 is 5.32 Å². The Labute approximate surface area is 103 Å². The van der Waals surface area contributed by atoms with Crippen molar-refractivity contribution >= 4 is 11.3 Å². The standard InChI is InChI=1S/C14H23NS/c1-15-13(14-9-6-10-16-14)11-12-7-4-2-3-5-8-12/h6,9-10,12-13,15H,2-5,7-8,11H2,1H3. The van der Waals surface area contributed by atoms with E-state index in [2.05, 4.69) is 29.9 Å². The van der Waals surface area contributed by atoms with Crippen LogP contribution in [0.1, 0.15) is 55.9 Å². The normalized spacial score (nSPS) is 20.6. The van der Waals surface area contributed by atoms with Gasteiger partial charge in [-0.15, -0.1) is 11.3 Å². The average Bonchev–Trinajstić information content (AvgIpc) is 2.71. The summed E-state index contributed by atoms with van der Waals surface area (Å²) < 4.78 is 0. The van der Waals surface area contributed by atoms with Crippen LogP contribution in [0, 0.1) is 5.92 Å². The van der Waals surface area contributed by atoms with Crippen LogP contribution in [-0.2, 0) is 0 Å². The van der Waals surface area contributed by atoms with Crippen molar-refractivity contribution in [1.29, 1.82) is 0 Å². The summed E-state index contributed by atoms with van der Waals surface area (Å²) in [7, 11) is 2.10. The highest BCUT2D eigenvalue weighted by atomic mass is 32.1. The van der Waals surface area contributed by atoms with E-state index in [4.69, 9.17) is 0 Å². The first-order valence-corrected chi connectivity index (χ1v) is 7.49. The van der Waals surface area contributed by atoms with Gasteiger partial charge in [0.2, 0.25) is 0 Å². The minimum absolute atomic E-state index is 0.586. The van der Waals surface area contributed by atoms with Crippen LogP contribution >= 0.6 is 11.3 Å². The van der Waals surface area contributed by atoms with E-state index in [0.717, 1.165) is 5.92 Å². The van der Waals surface area contributed by atoms with Crippen molar-refractivity contribution in [2.75, 3.05) is 7.05 Å². The molecular weight excluding hydrogens is 214 g/mol. The summed E-state index contributed by atoms with van der Waals surface area (Å²) in [5.41, 5.74) is 0. The van der Waals surface area contributed by atoms with E-state index in [9.17, 15) is 0 Å². The second-order valence-electron chi connectivity index (χ2n) is 4.95. The fraction of sp³-hybridized carbons (Fsp3) is 0.714. The lowest BCUT2D eigenvalue weighted by Gasteiger charge is -2.21. The van der Waals surface area contributed by atoms with Gasteiger partial charge in [-0.3, -0.25) is 0 Å². The molecule has 16 heavy (non-hydrogen) atoms. The van der Waals surface area contributed by atoms with Crippen LogP contribution < -0.4 is 5.32 Å². The molecule has 1 saturated carbocycles. The smallest absolute Gasteiger partial charge is 0.0414 e. The monoisotopic (exact) mass is 237 g/mol. The third-order valence-corrected chi connectivity index (χ3v) is 4.76. The molecular formula is C14H23NS. The van der Waals surface area contributed by atoms with Crippen LogP contribution in [0.15, 0.2) is 17.5 Å². The second-order valence-corrected chi connectivity index (χ2v) is 5.93. The zero-order valence-electron chi connectivity index (χ0n) is 10.2. The Hall–Kier alpha value is -0.340. The van der Waals surface area contributed by atoms with Crippen LogP contribution in [0.25, 0.3) is 0 Å². The molecule has 1 fully saturated rings. The molecule has 1 heterocycles. The van der Waals surface area contributed by atoms with E-state index in [0.29, 0.717) is 6.04 Å². The molecule has 2 heteroatoms. The van der Waals surface area contributed by atoms with E-state index < -0.39 is 0 Å². The summed E-state index contributed by atoms with van der Waals surface area (Å²) in [5.74, 6) is 0.946. The molecule has 2 rings (SSSR count). The third-order valence-electron chi connectivity index (χ3n) is 3.78. The largest absolute Gasteiger partial charge is 0.312 e.